The topological polar surface area (TPSA) is 64.7 Å². The second-order valence-corrected chi connectivity index (χ2v) is 5.27. The van der Waals surface area contributed by atoms with E-state index in [1.54, 1.807) is 17.5 Å². The Hall–Kier alpha value is -2.27. The third-order valence-electron chi connectivity index (χ3n) is 3.11. The minimum atomic E-state index is 0.461. The van der Waals surface area contributed by atoms with E-state index in [0.29, 0.717) is 5.82 Å². The van der Waals surface area contributed by atoms with Crippen LogP contribution in [0.25, 0.3) is 21.8 Å². The summed E-state index contributed by atoms with van der Waals surface area (Å²) in [5, 5.41) is 2.89. The molecule has 0 atom stereocenters. The summed E-state index contributed by atoms with van der Waals surface area (Å²) >= 11 is 1.55. The Morgan fingerprint density at radius 2 is 2.20 bits per heavy atom. The van der Waals surface area contributed by atoms with Gasteiger partial charge in [0.1, 0.15) is 17.2 Å². The van der Waals surface area contributed by atoms with Gasteiger partial charge >= 0.3 is 0 Å². The second kappa shape index (κ2) is 5.38. The Morgan fingerprint density at radius 1 is 1.30 bits per heavy atom. The van der Waals surface area contributed by atoms with Crippen LogP contribution in [-0.2, 0) is 6.42 Å². The molecule has 5 heteroatoms. The fourth-order valence-corrected chi connectivity index (χ4v) is 2.83. The first-order valence-corrected chi connectivity index (χ1v) is 7.26. The van der Waals surface area contributed by atoms with Crippen molar-refractivity contribution in [2.45, 2.75) is 13.3 Å². The first-order valence-electron chi connectivity index (χ1n) is 6.38. The number of rotatable bonds is 3. The summed E-state index contributed by atoms with van der Waals surface area (Å²) in [7, 11) is 0. The molecule has 3 aromatic rings. The van der Waals surface area contributed by atoms with Crippen LogP contribution in [0.5, 0.6) is 0 Å². The van der Waals surface area contributed by atoms with Crippen LogP contribution in [-0.4, -0.2) is 15.0 Å². The molecule has 20 heavy (non-hydrogen) atoms. The number of benzene rings is 1. The molecule has 2 N–H and O–H groups in total. The highest BCUT2D eigenvalue weighted by atomic mass is 32.1. The largest absolute Gasteiger partial charge is 0.383 e. The fraction of sp³-hybridized carbons (Fsp3) is 0.133. The quantitative estimate of drug-likeness (QED) is 0.799. The number of nitrogens with zero attached hydrogens (tertiary/aromatic N) is 3. The van der Waals surface area contributed by atoms with Crippen LogP contribution >= 0.6 is 11.3 Å². The second-order valence-electron chi connectivity index (χ2n) is 4.41. The molecule has 0 aliphatic carbocycles. The van der Waals surface area contributed by atoms with Crippen LogP contribution in [0.4, 0.5) is 5.82 Å². The summed E-state index contributed by atoms with van der Waals surface area (Å²) in [4.78, 5) is 12.7. The van der Waals surface area contributed by atoms with Crippen LogP contribution in [0.1, 0.15) is 12.5 Å². The van der Waals surface area contributed by atoms with Crippen molar-refractivity contribution in [3.05, 3.63) is 47.7 Å². The number of nitrogens with two attached hydrogens (primary N) is 1. The monoisotopic (exact) mass is 282 g/mol. The molecular weight excluding hydrogens is 268 g/mol. The van der Waals surface area contributed by atoms with Gasteiger partial charge in [-0.1, -0.05) is 25.1 Å². The Kier molecular flexibility index (Phi) is 3.43. The highest BCUT2D eigenvalue weighted by molar-refractivity contribution is 7.13. The number of hydrogen-bond acceptors (Lipinski definition) is 5. The lowest BCUT2D eigenvalue weighted by Gasteiger charge is -2.01. The van der Waals surface area contributed by atoms with Gasteiger partial charge < -0.3 is 5.73 Å². The van der Waals surface area contributed by atoms with E-state index in [1.807, 2.05) is 5.38 Å². The Balaban J connectivity index is 2.00. The minimum Gasteiger partial charge on any atom is -0.383 e. The van der Waals surface area contributed by atoms with Gasteiger partial charge in [0.2, 0.25) is 0 Å². The number of nitrogen functional groups attached to an aromatic ring is 1. The first-order chi connectivity index (χ1) is 9.78. The Bertz CT molecular complexity index is 736. The van der Waals surface area contributed by atoms with Gasteiger partial charge in [-0.15, -0.1) is 11.3 Å². The number of thiazole rings is 1. The maximum absolute atomic E-state index is 5.86. The normalized spacial score (nSPS) is 10.7. The maximum atomic E-state index is 5.86. The minimum absolute atomic E-state index is 0.461. The van der Waals surface area contributed by atoms with E-state index >= 15 is 0 Å². The third kappa shape index (κ3) is 2.40. The van der Waals surface area contributed by atoms with Crippen LogP contribution in [0.2, 0.25) is 0 Å². The summed E-state index contributed by atoms with van der Waals surface area (Å²) in [5.41, 5.74) is 10.0. The average Bonchev–Trinajstić information content (AvgIpc) is 2.97. The molecule has 0 unspecified atom stereocenters. The van der Waals surface area contributed by atoms with Gasteiger partial charge in [-0.05, 0) is 18.1 Å². The predicted octanol–water partition coefficient (Wildman–Crippen LogP) is 3.41. The van der Waals surface area contributed by atoms with Crippen molar-refractivity contribution in [3.63, 3.8) is 0 Å². The molecular formula is C15H14N4S. The van der Waals surface area contributed by atoms with Gasteiger partial charge in [-0.2, -0.15) is 0 Å². The molecule has 1 aromatic carbocycles. The molecule has 4 nitrogen and oxygen atoms in total. The van der Waals surface area contributed by atoms with E-state index < -0.39 is 0 Å². The van der Waals surface area contributed by atoms with Crippen LogP contribution in [0.3, 0.4) is 0 Å². The SMILES string of the molecule is CCc1cccc(-c2csc(-c3cncnc3N)n2)c1. The van der Waals surface area contributed by atoms with Gasteiger partial charge in [0.25, 0.3) is 0 Å². The van der Waals surface area contributed by atoms with Gasteiger partial charge in [0.15, 0.2) is 0 Å². The lowest BCUT2D eigenvalue weighted by molar-refractivity contribution is 1.14. The highest BCUT2D eigenvalue weighted by Gasteiger charge is 2.10. The molecule has 3 rings (SSSR count). The molecule has 0 spiro atoms. The summed E-state index contributed by atoms with van der Waals surface area (Å²) < 4.78 is 0. The zero-order valence-electron chi connectivity index (χ0n) is 11.1. The molecule has 0 saturated carbocycles. The number of aryl methyl sites for hydroxylation is 1. The zero-order chi connectivity index (χ0) is 13.9. The lowest BCUT2D eigenvalue weighted by Crippen LogP contribution is -1.94. The first kappa shape index (κ1) is 12.7. The summed E-state index contributed by atoms with van der Waals surface area (Å²) in [5.74, 6) is 0.461. The van der Waals surface area contributed by atoms with Gasteiger partial charge in [-0.3, -0.25) is 0 Å². The summed E-state index contributed by atoms with van der Waals surface area (Å²) in [6.45, 7) is 2.15. The Morgan fingerprint density at radius 3 is 3.00 bits per heavy atom. The van der Waals surface area contributed by atoms with Crippen LogP contribution < -0.4 is 5.73 Å². The molecule has 2 aromatic heterocycles. The van der Waals surface area contributed by atoms with Crippen molar-refractivity contribution < 1.29 is 0 Å². The predicted molar refractivity (Wildman–Crippen MR) is 82.4 cm³/mol. The van der Waals surface area contributed by atoms with Crippen molar-refractivity contribution in [1.29, 1.82) is 0 Å². The molecule has 0 bridgehead atoms. The molecule has 100 valence electrons. The third-order valence-corrected chi connectivity index (χ3v) is 3.98. The number of aromatic nitrogens is 3. The molecule has 0 amide bonds. The van der Waals surface area contributed by atoms with Crippen molar-refractivity contribution in [2.75, 3.05) is 5.73 Å². The van der Waals surface area contributed by atoms with E-state index in [2.05, 4.69) is 46.1 Å². The van der Waals surface area contributed by atoms with Gasteiger partial charge in [0, 0.05) is 17.1 Å². The van der Waals surface area contributed by atoms with Crippen molar-refractivity contribution in [2.24, 2.45) is 0 Å². The molecule has 2 heterocycles. The van der Waals surface area contributed by atoms with E-state index in [0.717, 1.165) is 28.2 Å². The van der Waals surface area contributed by atoms with Crippen molar-refractivity contribution in [1.82, 2.24) is 15.0 Å². The van der Waals surface area contributed by atoms with Crippen molar-refractivity contribution >= 4 is 17.2 Å². The Labute approximate surface area is 121 Å². The lowest BCUT2D eigenvalue weighted by atomic mass is 10.1. The number of anilines is 1. The smallest absolute Gasteiger partial charge is 0.137 e. The van der Waals surface area contributed by atoms with E-state index in [4.69, 9.17) is 5.73 Å². The fourth-order valence-electron chi connectivity index (χ4n) is 1.98. The molecule has 0 aliphatic rings. The number of hydrogen-bond donors (Lipinski definition) is 1. The van der Waals surface area contributed by atoms with E-state index in [1.165, 1.54) is 11.9 Å². The van der Waals surface area contributed by atoms with Crippen molar-refractivity contribution in [3.8, 4) is 21.8 Å². The maximum Gasteiger partial charge on any atom is 0.137 e. The molecule has 0 radical (unpaired) electrons. The zero-order valence-corrected chi connectivity index (χ0v) is 11.9. The molecule has 0 saturated heterocycles. The average molecular weight is 282 g/mol. The van der Waals surface area contributed by atoms with E-state index in [-0.39, 0.29) is 0 Å². The van der Waals surface area contributed by atoms with Crippen LogP contribution in [0.15, 0.2) is 42.2 Å². The highest BCUT2D eigenvalue weighted by Crippen LogP contribution is 2.30. The molecule has 0 aliphatic heterocycles. The summed E-state index contributed by atoms with van der Waals surface area (Å²) in [6.07, 6.45) is 4.16. The molecule has 0 fully saturated rings. The van der Waals surface area contributed by atoms with Gasteiger partial charge in [-0.25, -0.2) is 15.0 Å². The van der Waals surface area contributed by atoms with E-state index in [9.17, 15) is 0 Å². The van der Waals surface area contributed by atoms with Crippen LogP contribution in [0, 0.1) is 0 Å². The summed E-state index contributed by atoms with van der Waals surface area (Å²) in [6, 6.07) is 8.43. The van der Waals surface area contributed by atoms with Gasteiger partial charge in [0.05, 0.1) is 11.3 Å². The standard InChI is InChI=1S/C15H14N4S/c1-2-10-4-3-5-11(6-10)13-8-20-15(19-13)12-7-17-9-18-14(12)16/h3-9H,2H2,1H3,(H2,16,17,18).